The van der Waals surface area contributed by atoms with Crippen molar-refractivity contribution in [2.75, 3.05) is 51.3 Å². The van der Waals surface area contributed by atoms with E-state index >= 15 is 0 Å². The minimum absolute atomic E-state index is 0.814. The number of rotatable bonds is 6. The zero-order chi connectivity index (χ0) is 16.9. The molecule has 130 valence electrons. The number of piperazine rings is 1. The summed E-state index contributed by atoms with van der Waals surface area (Å²) >= 11 is 1.82. The number of methoxy groups -OCH3 is 1. The number of hydrogen-bond donors (Lipinski definition) is 0. The smallest absolute Gasteiger partial charge is 0.186 e. The van der Waals surface area contributed by atoms with Gasteiger partial charge in [-0.3, -0.25) is 4.90 Å². The maximum Gasteiger partial charge on any atom is 0.186 e. The summed E-state index contributed by atoms with van der Waals surface area (Å²) in [6, 6.07) is 8.82. The van der Waals surface area contributed by atoms with Crippen molar-refractivity contribution < 1.29 is 4.74 Å². The van der Waals surface area contributed by atoms with Crippen LogP contribution in [0.2, 0.25) is 0 Å². The van der Waals surface area contributed by atoms with E-state index in [4.69, 9.17) is 9.72 Å². The quantitative estimate of drug-likeness (QED) is 0.802. The number of hydrogen-bond acceptors (Lipinski definition) is 5. The molecule has 5 heteroatoms. The van der Waals surface area contributed by atoms with Crippen molar-refractivity contribution in [2.45, 2.75) is 20.3 Å². The Hall–Kier alpha value is -1.43. The van der Waals surface area contributed by atoms with E-state index in [0.29, 0.717) is 0 Å². The van der Waals surface area contributed by atoms with Crippen LogP contribution in [-0.2, 0) is 11.2 Å². The first-order valence-corrected chi connectivity index (χ1v) is 9.56. The Balaban J connectivity index is 1.68. The minimum Gasteiger partial charge on any atom is -0.383 e. The molecule has 0 saturated carbocycles. The maximum atomic E-state index is 5.17. The highest BCUT2D eigenvalue weighted by atomic mass is 32.1. The van der Waals surface area contributed by atoms with Crippen LogP contribution in [0.3, 0.4) is 0 Å². The number of thiazole rings is 1. The van der Waals surface area contributed by atoms with Crippen LogP contribution in [0.1, 0.15) is 17.4 Å². The summed E-state index contributed by atoms with van der Waals surface area (Å²) in [4.78, 5) is 11.1. The summed E-state index contributed by atoms with van der Waals surface area (Å²) in [5.74, 6) is 0. The fourth-order valence-corrected chi connectivity index (χ4v) is 4.05. The van der Waals surface area contributed by atoms with Crippen molar-refractivity contribution in [3.05, 3.63) is 34.7 Å². The number of ether oxygens (including phenoxy) is 1. The van der Waals surface area contributed by atoms with Crippen LogP contribution in [0.25, 0.3) is 11.3 Å². The number of aryl methyl sites for hydroxylation is 2. The molecule has 0 amide bonds. The van der Waals surface area contributed by atoms with Crippen molar-refractivity contribution in [1.29, 1.82) is 0 Å². The van der Waals surface area contributed by atoms with Gasteiger partial charge in [0.1, 0.15) is 0 Å². The van der Waals surface area contributed by atoms with Crippen molar-refractivity contribution >= 4 is 16.5 Å². The summed E-state index contributed by atoms with van der Waals surface area (Å²) in [7, 11) is 1.77. The van der Waals surface area contributed by atoms with E-state index in [1.54, 1.807) is 7.11 Å². The molecule has 1 aliphatic heterocycles. The number of aromatic nitrogens is 1. The Morgan fingerprint density at radius 1 is 1.12 bits per heavy atom. The summed E-state index contributed by atoms with van der Waals surface area (Å²) in [5, 5.41) is 1.16. The third-order valence-corrected chi connectivity index (χ3v) is 5.71. The van der Waals surface area contributed by atoms with Gasteiger partial charge in [0.25, 0.3) is 0 Å². The molecule has 0 atom stereocenters. The number of benzene rings is 1. The lowest BCUT2D eigenvalue weighted by molar-refractivity contribution is 0.144. The highest BCUT2D eigenvalue weighted by Gasteiger charge is 2.20. The lowest BCUT2D eigenvalue weighted by Gasteiger charge is -2.34. The fraction of sp³-hybridized carbons (Fsp3) is 0.526. The van der Waals surface area contributed by atoms with E-state index in [-0.39, 0.29) is 0 Å². The van der Waals surface area contributed by atoms with Gasteiger partial charge in [-0.15, -0.1) is 11.3 Å². The average molecular weight is 346 g/mol. The van der Waals surface area contributed by atoms with Crippen molar-refractivity contribution in [3.8, 4) is 11.3 Å². The van der Waals surface area contributed by atoms with Gasteiger partial charge in [-0.25, -0.2) is 4.98 Å². The molecule has 3 rings (SSSR count). The van der Waals surface area contributed by atoms with Gasteiger partial charge in [0.2, 0.25) is 0 Å². The van der Waals surface area contributed by atoms with Gasteiger partial charge in [0, 0.05) is 50.3 Å². The molecule has 0 aliphatic carbocycles. The zero-order valence-electron chi connectivity index (χ0n) is 14.9. The molecule has 4 nitrogen and oxygen atoms in total. The monoisotopic (exact) mass is 345 g/mol. The largest absolute Gasteiger partial charge is 0.383 e. The van der Waals surface area contributed by atoms with E-state index in [2.05, 4.69) is 47.9 Å². The third kappa shape index (κ3) is 3.97. The van der Waals surface area contributed by atoms with Gasteiger partial charge < -0.3 is 9.64 Å². The molecule has 1 aliphatic rings. The molecule has 0 spiro atoms. The molecule has 0 bridgehead atoms. The number of nitrogens with zero attached hydrogens (tertiary/aromatic N) is 3. The van der Waals surface area contributed by atoms with Crippen LogP contribution in [0.4, 0.5) is 5.13 Å². The summed E-state index contributed by atoms with van der Waals surface area (Å²) in [6.07, 6.45) is 1.08. The van der Waals surface area contributed by atoms with E-state index < -0.39 is 0 Å². The summed E-state index contributed by atoms with van der Waals surface area (Å²) < 4.78 is 5.17. The predicted octanol–water partition coefficient (Wildman–Crippen LogP) is 3.45. The Labute approximate surface area is 149 Å². The van der Waals surface area contributed by atoms with Crippen molar-refractivity contribution in [3.63, 3.8) is 0 Å². The van der Waals surface area contributed by atoms with E-state index in [0.717, 1.165) is 56.6 Å². The first kappa shape index (κ1) is 17.4. The Bertz CT molecular complexity index is 645. The predicted molar refractivity (Wildman–Crippen MR) is 102 cm³/mol. The summed E-state index contributed by atoms with van der Waals surface area (Å²) in [5.41, 5.74) is 3.74. The molecule has 1 fully saturated rings. The minimum atomic E-state index is 0.814. The molecular weight excluding hydrogens is 318 g/mol. The average Bonchev–Trinajstić information content (AvgIpc) is 3.02. The van der Waals surface area contributed by atoms with E-state index in [1.165, 1.54) is 16.0 Å². The highest BCUT2D eigenvalue weighted by Crippen LogP contribution is 2.33. The molecule has 2 aromatic rings. The van der Waals surface area contributed by atoms with Crippen LogP contribution >= 0.6 is 11.3 Å². The second kappa shape index (κ2) is 8.10. The number of anilines is 1. The molecule has 24 heavy (non-hydrogen) atoms. The lowest BCUT2D eigenvalue weighted by Crippen LogP contribution is -2.47. The van der Waals surface area contributed by atoms with Crippen molar-refractivity contribution in [2.24, 2.45) is 0 Å². The normalized spacial score (nSPS) is 15.9. The molecule has 1 saturated heterocycles. The van der Waals surface area contributed by atoms with Gasteiger partial charge in [-0.2, -0.15) is 0 Å². The SMILES string of the molecule is CCc1ccc(-c2nc(N3CCN(CCOC)CC3)sc2C)cc1. The fourth-order valence-electron chi connectivity index (χ4n) is 3.07. The molecule has 2 heterocycles. The van der Waals surface area contributed by atoms with Crippen LogP contribution in [0.15, 0.2) is 24.3 Å². The Kier molecular flexibility index (Phi) is 5.87. The van der Waals surface area contributed by atoms with E-state index in [1.807, 2.05) is 11.3 Å². The van der Waals surface area contributed by atoms with Gasteiger partial charge in [0.05, 0.1) is 12.3 Å². The second-order valence-electron chi connectivity index (χ2n) is 6.27. The first-order chi connectivity index (χ1) is 11.7. The van der Waals surface area contributed by atoms with E-state index in [9.17, 15) is 0 Å². The van der Waals surface area contributed by atoms with Crippen molar-refractivity contribution in [1.82, 2.24) is 9.88 Å². The van der Waals surface area contributed by atoms with Crippen LogP contribution in [-0.4, -0.2) is 56.3 Å². The highest BCUT2D eigenvalue weighted by molar-refractivity contribution is 7.16. The molecule has 0 radical (unpaired) electrons. The molecular formula is C19H27N3OS. The van der Waals surface area contributed by atoms with Crippen LogP contribution in [0, 0.1) is 6.92 Å². The Morgan fingerprint density at radius 3 is 2.46 bits per heavy atom. The molecule has 1 aromatic carbocycles. The summed E-state index contributed by atoms with van der Waals surface area (Å²) in [6.45, 7) is 10.5. The third-order valence-electron chi connectivity index (χ3n) is 4.68. The lowest BCUT2D eigenvalue weighted by atomic mass is 10.1. The molecule has 0 N–H and O–H groups in total. The topological polar surface area (TPSA) is 28.6 Å². The molecule has 1 aromatic heterocycles. The Morgan fingerprint density at radius 2 is 1.83 bits per heavy atom. The van der Waals surface area contributed by atoms with Crippen LogP contribution < -0.4 is 4.90 Å². The zero-order valence-corrected chi connectivity index (χ0v) is 15.7. The van der Waals surface area contributed by atoms with Gasteiger partial charge >= 0.3 is 0 Å². The van der Waals surface area contributed by atoms with Gasteiger partial charge in [-0.05, 0) is 18.9 Å². The first-order valence-electron chi connectivity index (χ1n) is 8.74. The second-order valence-corrected chi connectivity index (χ2v) is 7.45. The molecule has 0 unspecified atom stereocenters. The van der Waals surface area contributed by atoms with Crippen LogP contribution in [0.5, 0.6) is 0 Å². The van der Waals surface area contributed by atoms with Gasteiger partial charge in [0.15, 0.2) is 5.13 Å². The van der Waals surface area contributed by atoms with Gasteiger partial charge in [-0.1, -0.05) is 31.2 Å². The maximum absolute atomic E-state index is 5.17. The standard InChI is InChI=1S/C19H27N3OS/c1-4-16-5-7-17(8-6-16)18-15(2)24-19(20-18)22-11-9-21(10-12-22)13-14-23-3/h5-8H,4,9-14H2,1-3H3.